The van der Waals surface area contributed by atoms with Gasteiger partial charge in [0.2, 0.25) is 0 Å². The Hall–Kier alpha value is -2.69. The van der Waals surface area contributed by atoms with Gasteiger partial charge in [0, 0.05) is 12.1 Å². The molecule has 0 aliphatic heterocycles. The molecule has 0 heterocycles. The van der Waals surface area contributed by atoms with E-state index in [0.29, 0.717) is 17.9 Å². The van der Waals surface area contributed by atoms with Crippen molar-refractivity contribution < 1.29 is 19.0 Å². The number of hydrogen-bond acceptors (Lipinski definition) is 5. The lowest BCUT2D eigenvalue weighted by Crippen LogP contribution is -1.96. The molecule has 0 saturated carbocycles. The highest BCUT2D eigenvalue weighted by atomic mass is 16.5. The minimum Gasteiger partial charge on any atom is -0.497 e. The predicted molar refractivity (Wildman–Crippen MR) is 96.0 cm³/mol. The Balaban J connectivity index is 0.000000272. The van der Waals surface area contributed by atoms with Crippen LogP contribution in [0.5, 0.6) is 17.2 Å². The molecule has 0 radical (unpaired) electrons. The standard InChI is InChI=1S/C12H16O3.C7H9NO/c1-9(13)4-5-10-6-7-11(14-2)12(8-10)15-3;1-9-7-4-2-6(8)3-5-7/h6-8H,4-5H2,1-3H3;2-5H,8H2,1H3. The second-order valence-corrected chi connectivity index (χ2v) is 5.16. The average molecular weight is 331 g/mol. The van der Waals surface area contributed by atoms with Gasteiger partial charge in [0.1, 0.15) is 11.5 Å². The van der Waals surface area contributed by atoms with Gasteiger partial charge < -0.3 is 24.7 Å². The maximum absolute atomic E-state index is 10.8. The number of anilines is 1. The van der Waals surface area contributed by atoms with Gasteiger partial charge in [0.25, 0.3) is 0 Å². The van der Waals surface area contributed by atoms with Gasteiger partial charge in [-0.1, -0.05) is 6.07 Å². The van der Waals surface area contributed by atoms with Crippen LogP contribution >= 0.6 is 0 Å². The summed E-state index contributed by atoms with van der Waals surface area (Å²) >= 11 is 0. The maximum Gasteiger partial charge on any atom is 0.160 e. The predicted octanol–water partition coefficient (Wildman–Crippen LogP) is 3.50. The number of carbonyl (C=O) groups excluding carboxylic acids is 1. The van der Waals surface area contributed by atoms with Crippen molar-refractivity contribution in [2.24, 2.45) is 0 Å². The summed E-state index contributed by atoms with van der Waals surface area (Å²) in [6, 6.07) is 13.0. The van der Waals surface area contributed by atoms with Crippen LogP contribution in [0.25, 0.3) is 0 Å². The first-order valence-electron chi connectivity index (χ1n) is 7.60. The van der Waals surface area contributed by atoms with E-state index in [4.69, 9.17) is 19.9 Å². The Morgan fingerprint density at radius 1 is 0.917 bits per heavy atom. The van der Waals surface area contributed by atoms with Gasteiger partial charge >= 0.3 is 0 Å². The first kappa shape index (κ1) is 19.4. The Morgan fingerprint density at radius 2 is 1.54 bits per heavy atom. The second-order valence-electron chi connectivity index (χ2n) is 5.16. The zero-order valence-electron chi connectivity index (χ0n) is 14.7. The van der Waals surface area contributed by atoms with Gasteiger partial charge in [-0.3, -0.25) is 0 Å². The second kappa shape index (κ2) is 10.2. The van der Waals surface area contributed by atoms with E-state index in [0.717, 1.165) is 23.4 Å². The monoisotopic (exact) mass is 331 g/mol. The van der Waals surface area contributed by atoms with E-state index in [1.807, 2.05) is 30.3 Å². The number of methoxy groups -OCH3 is 3. The third-order valence-corrected chi connectivity index (χ3v) is 3.33. The summed E-state index contributed by atoms with van der Waals surface area (Å²) in [4.78, 5) is 10.8. The molecule has 5 nitrogen and oxygen atoms in total. The van der Waals surface area contributed by atoms with E-state index in [2.05, 4.69) is 0 Å². The smallest absolute Gasteiger partial charge is 0.160 e. The fraction of sp³-hybridized carbons (Fsp3) is 0.316. The van der Waals surface area contributed by atoms with Crippen LogP contribution in [-0.4, -0.2) is 27.1 Å². The van der Waals surface area contributed by atoms with E-state index in [9.17, 15) is 4.79 Å². The molecule has 0 amide bonds. The molecule has 0 saturated heterocycles. The van der Waals surface area contributed by atoms with E-state index >= 15 is 0 Å². The first-order valence-corrected chi connectivity index (χ1v) is 7.60. The van der Waals surface area contributed by atoms with Crippen LogP contribution in [0, 0.1) is 0 Å². The van der Waals surface area contributed by atoms with Crippen molar-refractivity contribution in [3.05, 3.63) is 48.0 Å². The lowest BCUT2D eigenvalue weighted by molar-refractivity contribution is -0.116. The minimum absolute atomic E-state index is 0.199. The molecule has 2 aromatic carbocycles. The molecule has 130 valence electrons. The summed E-state index contributed by atoms with van der Waals surface area (Å²) < 4.78 is 15.2. The van der Waals surface area contributed by atoms with Crippen molar-refractivity contribution in [3.8, 4) is 17.2 Å². The van der Waals surface area contributed by atoms with Crippen molar-refractivity contribution in [2.45, 2.75) is 19.8 Å². The highest BCUT2D eigenvalue weighted by Gasteiger charge is 2.04. The summed E-state index contributed by atoms with van der Waals surface area (Å²) in [6.45, 7) is 1.60. The Morgan fingerprint density at radius 3 is 2.04 bits per heavy atom. The first-order chi connectivity index (χ1) is 11.5. The summed E-state index contributed by atoms with van der Waals surface area (Å²) in [7, 11) is 4.84. The number of carbonyl (C=O) groups is 1. The summed E-state index contributed by atoms with van der Waals surface area (Å²) in [5, 5.41) is 0. The summed E-state index contributed by atoms with van der Waals surface area (Å²) in [5.74, 6) is 2.46. The fourth-order valence-corrected chi connectivity index (χ4v) is 1.96. The molecule has 2 aromatic rings. The van der Waals surface area contributed by atoms with E-state index in [1.54, 1.807) is 40.4 Å². The van der Waals surface area contributed by atoms with Crippen molar-refractivity contribution in [3.63, 3.8) is 0 Å². The molecule has 5 heteroatoms. The van der Waals surface area contributed by atoms with Crippen LogP contribution in [0.15, 0.2) is 42.5 Å². The molecule has 0 aliphatic carbocycles. The number of ketones is 1. The SMILES string of the molecule is COc1ccc(CCC(C)=O)cc1OC.COc1ccc(N)cc1. The lowest BCUT2D eigenvalue weighted by Gasteiger charge is -2.08. The topological polar surface area (TPSA) is 70.8 Å². The molecule has 0 atom stereocenters. The highest BCUT2D eigenvalue weighted by molar-refractivity contribution is 5.75. The Labute approximate surface area is 143 Å². The molecule has 0 aliphatic rings. The molecular weight excluding hydrogens is 306 g/mol. The fourth-order valence-electron chi connectivity index (χ4n) is 1.96. The number of hydrogen-bond donors (Lipinski definition) is 1. The summed E-state index contributed by atoms with van der Waals surface area (Å²) in [5.41, 5.74) is 7.27. The highest BCUT2D eigenvalue weighted by Crippen LogP contribution is 2.27. The molecule has 0 fully saturated rings. The van der Waals surface area contributed by atoms with Gasteiger partial charge in [-0.15, -0.1) is 0 Å². The molecule has 2 rings (SSSR count). The molecule has 0 aromatic heterocycles. The molecule has 0 spiro atoms. The number of ether oxygens (including phenoxy) is 3. The number of rotatable bonds is 6. The lowest BCUT2D eigenvalue weighted by atomic mass is 10.1. The minimum atomic E-state index is 0.199. The zero-order chi connectivity index (χ0) is 17.9. The van der Waals surface area contributed by atoms with E-state index < -0.39 is 0 Å². The average Bonchev–Trinajstić information content (AvgIpc) is 2.60. The Bertz CT molecular complexity index is 638. The molecule has 0 unspecified atom stereocenters. The van der Waals surface area contributed by atoms with Crippen LogP contribution in [0.3, 0.4) is 0 Å². The third kappa shape index (κ3) is 6.60. The van der Waals surface area contributed by atoms with Crippen LogP contribution in [0.4, 0.5) is 5.69 Å². The van der Waals surface area contributed by atoms with Crippen LogP contribution in [0.2, 0.25) is 0 Å². The van der Waals surface area contributed by atoms with Crippen molar-refractivity contribution in [1.82, 2.24) is 0 Å². The van der Waals surface area contributed by atoms with Gasteiger partial charge in [-0.05, 0) is 55.3 Å². The van der Waals surface area contributed by atoms with Crippen molar-refractivity contribution in [2.75, 3.05) is 27.1 Å². The normalized spacial score (nSPS) is 9.50. The van der Waals surface area contributed by atoms with Gasteiger partial charge in [-0.2, -0.15) is 0 Å². The zero-order valence-corrected chi connectivity index (χ0v) is 14.7. The molecule has 24 heavy (non-hydrogen) atoms. The number of benzene rings is 2. The maximum atomic E-state index is 10.8. The third-order valence-electron chi connectivity index (χ3n) is 3.33. The number of nitrogens with two attached hydrogens (primary N) is 1. The molecule has 0 bridgehead atoms. The van der Waals surface area contributed by atoms with E-state index in [-0.39, 0.29) is 5.78 Å². The van der Waals surface area contributed by atoms with Gasteiger partial charge in [0.15, 0.2) is 11.5 Å². The number of nitrogen functional groups attached to an aromatic ring is 1. The van der Waals surface area contributed by atoms with E-state index in [1.165, 1.54) is 0 Å². The van der Waals surface area contributed by atoms with Gasteiger partial charge in [0.05, 0.1) is 21.3 Å². The molecule has 2 N–H and O–H groups in total. The van der Waals surface area contributed by atoms with Crippen LogP contribution < -0.4 is 19.9 Å². The van der Waals surface area contributed by atoms with Crippen molar-refractivity contribution in [1.29, 1.82) is 0 Å². The van der Waals surface area contributed by atoms with Crippen molar-refractivity contribution >= 4 is 11.5 Å². The largest absolute Gasteiger partial charge is 0.497 e. The van der Waals surface area contributed by atoms with Crippen LogP contribution in [0.1, 0.15) is 18.9 Å². The van der Waals surface area contributed by atoms with Gasteiger partial charge in [-0.25, -0.2) is 0 Å². The quantitative estimate of drug-likeness (QED) is 0.820. The number of aryl methyl sites for hydroxylation is 1. The molecular formula is C19H25NO4. The number of Topliss-reactive ketones (excluding diaryl/α,β-unsaturated/α-hetero) is 1. The summed E-state index contributed by atoms with van der Waals surface area (Å²) in [6.07, 6.45) is 1.31. The Kier molecular flexibility index (Phi) is 8.19. The van der Waals surface area contributed by atoms with Crippen LogP contribution in [-0.2, 0) is 11.2 Å².